The highest BCUT2D eigenvalue weighted by atomic mass is 16.5. The predicted molar refractivity (Wildman–Crippen MR) is 75.2 cm³/mol. The summed E-state index contributed by atoms with van der Waals surface area (Å²) in [5.74, 6) is 0.618. The van der Waals surface area contributed by atoms with E-state index in [4.69, 9.17) is 15.2 Å². The minimum Gasteiger partial charge on any atom is -0.427 e. The molecule has 3 rings (SSSR count). The molecule has 0 radical (unpaired) electrons. The smallest absolute Gasteiger partial charge is 0.311 e. The topological polar surface area (TPSA) is 61.5 Å². The molecule has 0 aliphatic carbocycles. The first-order chi connectivity index (χ1) is 9.61. The van der Waals surface area contributed by atoms with E-state index in [1.165, 1.54) is 0 Å². The molecule has 4 atom stereocenters. The van der Waals surface area contributed by atoms with Crippen LogP contribution in [0.5, 0.6) is 5.75 Å². The van der Waals surface area contributed by atoms with Crippen LogP contribution in [0.25, 0.3) is 0 Å². The third-order valence-electron chi connectivity index (χ3n) is 3.91. The van der Waals surface area contributed by atoms with Crippen molar-refractivity contribution in [1.29, 1.82) is 0 Å². The number of esters is 1. The standard InChI is InChI=1S/C16H19NO3/c1-10(17)11-2-4-13(5-3-11)20-16(18)9-12-8-14-6-7-15(12)19-14/h2-7,10,12,14-15H,8-9,17H2,1H3. The minimum atomic E-state index is -0.201. The number of nitrogens with two attached hydrogens (primary N) is 1. The summed E-state index contributed by atoms with van der Waals surface area (Å²) in [6, 6.07) is 7.33. The Morgan fingerprint density at radius 2 is 2.15 bits per heavy atom. The normalized spacial score (nSPS) is 28.6. The van der Waals surface area contributed by atoms with Gasteiger partial charge in [-0.3, -0.25) is 4.79 Å². The molecule has 1 aromatic rings. The van der Waals surface area contributed by atoms with E-state index in [-0.39, 0.29) is 30.1 Å². The maximum absolute atomic E-state index is 11.9. The lowest BCUT2D eigenvalue weighted by atomic mass is 9.91. The second kappa shape index (κ2) is 5.38. The van der Waals surface area contributed by atoms with E-state index >= 15 is 0 Å². The molecule has 4 unspecified atom stereocenters. The van der Waals surface area contributed by atoms with Crippen LogP contribution >= 0.6 is 0 Å². The molecule has 4 heteroatoms. The maximum atomic E-state index is 11.9. The van der Waals surface area contributed by atoms with Gasteiger partial charge in [-0.15, -0.1) is 0 Å². The molecule has 1 saturated heterocycles. The van der Waals surface area contributed by atoms with Crippen LogP contribution in [0.15, 0.2) is 36.4 Å². The number of rotatable bonds is 4. The third-order valence-corrected chi connectivity index (χ3v) is 3.91. The lowest BCUT2D eigenvalue weighted by Crippen LogP contribution is -2.20. The highest BCUT2D eigenvalue weighted by Crippen LogP contribution is 2.35. The number of carbonyl (C=O) groups excluding carboxylic acids is 1. The van der Waals surface area contributed by atoms with Crippen molar-refractivity contribution in [3.8, 4) is 5.75 Å². The van der Waals surface area contributed by atoms with Crippen molar-refractivity contribution in [3.63, 3.8) is 0 Å². The van der Waals surface area contributed by atoms with Crippen LogP contribution in [0.2, 0.25) is 0 Å². The van der Waals surface area contributed by atoms with Gasteiger partial charge in [-0.05, 0) is 31.0 Å². The third kappa shape index (κ3) is 2.76. The summed E-state index contributed by atoms with van der Waals surface area (Å²) in [6.07, 6.45) is 5.72. The van der Waals surface area contributed by atoms with Gasteiger partial charge in [0.15, 0.2) is 0 Å². The molecule has 0 aromatic heterocycles. The molecule has 2 aliphatic heterocycles. The van der Waals surface area contributed by atoms with Crippen molar-refractivity contribution in [2.75, 3.05) is 0 Å². The summed E-state index contributed by atoms with van der Waals surface area (Å²) < 4.78 is 11.0. The molecular weight excluding hydrogens is 254 g/mol. The summed E-state index contributed by atoms with van der Waals surface area (Å²) in [6.45, 7) is 1.92. The van der Waals surface area contributed by atoms with E-state index in [1.807, 2.05) is 25.1 Å². The first-order valence-electron chi connectivity index (χ1n) is 7.02. The number of hydrogen-bond donors (Lipinski definition) is 1. The summed E-state index contributed by atoms with van der Waals surface area (Å²) in [7, 11) is 0. The molecule has 2 bridgehead atoms. The van der Waals surface area contributed by atoms with Crippen molar-refractivity contribution >= 4 is 5.97 Å². The van der Waals surface area contributed by atoms with Gasteiger partial charge in [0.1, 0.15) is 5.75 Å². The Morgan fingerprint density at radius 1 is 1.40 bits per heavy atom. The molecule has 0 amide bonds. The van der Waals surface area contributed by atoms with Gasteiger partial charge in [0.25, 0.3) is 0 Å². The molecule has 106 valence electrons. The van der Waals surface area contributed by atoms with Crippen molar-refractivity contribution in [3.05, 3.63) is 42.0 Å². The number of hydrogen-bond acceptors (Lipinski definition) is 4. The second-order valence-electron chi connectivity index (χ2n) is 5.56. The monoisotopic (exact) mass is 273 g/mol. The Kier molecular flexibility index (Phi) is 3.59. The number of benzene rings is 1. The minimum absolute atomic E-state index is 0.0160. The lowest BCUT2D eigenvalue weighted by molar-refractivity contribution is -0.135. The highest BCUT2D eigenvalue weighted by Gasteiger charge is 2.38. The van der Waals surface area contributed by atoms with Gasteiger partial charge in [-0.1, -0.05) is 24.3 Å². The average Bonchev–Trinajstić information content (AvgIpc) is 3.01. The molecule has 1 aromatic carbocycles. The number of fused-ring (bicyclic) bond motifs is 2. The van der Waals surface area contributed by atoms with Crippen LogP contribution in [0.4, 0.5) is 0 Å². The van der Waals surface area contributed by atoms with Crippen molar-refractivity contribution in [1.82, 2.24) is 0 Å². The molecule has 20 heavy (non-hydrogen) atoms. The number of carbonyl (C=O) groups is 1. The van der Waals surface area contributed by atoms with Crippen molar-refractivity contribution in [2.45, 2.75) is 38.0 Å². The van der Waals surface area contributed by atoms with Crippen molar-refractivity contribution in [2.24, 2.45) is 11.7 Å². The Labute approximate surface area is 118 Å². The maximum Gasteiger partial charge on any atom is 0.311 e. The highest BCUT2D eigenvalue weighted by molar-refractivity contribution is 5.72. The van der Waals surface area contributed by atoms with Gasteiger partial charge in [0, 0.05) is 12.0 Å². The van der Waals surface area contributed by atoms with E-state index < -0.39 is 0 Å². The zero-order valence-corrected chi connectivity index (χ0v) is 11.5. The van der Waals surface area contributed by atoms with Gasteiger partial charge in [0.2, 0.25) is 0 Å². The molecule has 1 fully saturated rings. The zero-order chi connectivity index (χ0) is 14.1. The summed E-state index contributed by atoms with van der Waals surface area (Å²) in [5.41, 5.74) is 6.81. The van der Waals surface area contributed by atoms with Crippen LogP contribution in [-0.2, 0) is 9.53 Å². The van der Waals surface area contributed by atoms with Gasteiger partial charge < -0.3 is 15.2 Å². The Hall–Kier alpha value is -1.65. The Balaban J connectivity index is 1.55. The zero-order valence-electron chi connectivity index (χ0n) is 11.5. The quantitative estimate of drug-likeness (QED) is 0.519. The van der Waals surface area contributed by atoms with E-state index in [1.54, 1.807) is 12.1 Å². The SMILES string of the molecule is CC(N)c1ccc(OC(=O)CC2CC3C=CC2O3)cc1. The molecule has 0 spiro atoms. The Bertz CT molecular complexity index is 521. The molecular formula is C16H19NO3. The second-order valence-corrected chi connectivity index (χ2v) is 5.56. The van der Waals surface area contributed by atoms with E-state index in [0.717, 1.165) is 12.0 Å². The number of ether oxygens (including phenoxy) is 2. The fraction of sp³-hybridized carbons (Fsp3) is 0.438. The van der Waals surface area contributed by atoms with Gasteiger partial charge >= 0.3 is 5.97 Å². The Morgan fingerprint density at radius 3 is 2.70 bits per heavy atom. The predicted octanol–water partition coefficient (Wildman–Crippen LogP) is 2.35. The van der Waals surface area contributed by atoms with E-state index in [0.29, 0.717) is 12.2 Å². The van der Waals surface area contributed by atoms with Gasteiger partial charge in [-0.2, -0.15) is 0 Å². The summed E-state index contributed by atoms with van der Waals surface area (Å²) in [5, 5.41) is 0. The summed E-state index contributed by atoms with van der Waals surface area (Å²) >= 11 is 0. The largest absolute Gasteiger partial charge is 0.427 e. The molecule has 4 nitrogen and oxygen atoms in total. The van der Waals surface area contributed by atoms with E-state index in [2.05, 4.69) is 6.08 Å². The fourth-order valence-electron chi connectivity index (χ4n) is 2.79. The van der Waals surface area contributed by atoms with Crippen LogP contribution < -0.4 is 10.5 Å². The van der Waals surface area contributed by atoms with Crippen molar-refractivity contribution < 1.29 is 14.3 Å². The first kappa shape index (κ1) is 13.3. The fourth-order valence-corrected chi connectivity index (χ4v) is 2.79. The first-order valence-corrected chi connectivity index (χ1v) is 7.02. The van der Waals surface area contributed by atoms with Crippen LogP contribution in [-0.4, -0.2) is 18.2 Å². The molecule has 2 N–H and O–H groups in total. The summed E-state index contributed by atoms with van der Waals surface area (Å²) in [4.78, 5) is 11.9. The molecule has 2 aliphatic rings. The van der Waals surface area contributed by atoms with Crippen LogP contribution in [0.1, 0.15) is 31.4 Å². The molecule has 2 heterocycles. The van der Waals surface area contributed by atoms with Crippen LogP contribution in [0.3, 0.4) is 0 Å². The van der Waals surface area contributed by atoms with Gasteiger partial charge in [0.05, 0.1) is 18.6 Å². The molecule has 0 saturated carbocycles. The average molecular weight is 273 g/mol. The van der Waals surface area contributed by atoms with Gasteiger partial charge in [-0.25, -0.2) is 0 Å². The van der Waals surface area contributed by atoms with E-state index in [9.17, 15) is 4.79 Å². The lowest BCUT2D eigenvalue weighted by Gasteiger charge is -2.14. The van der Waals surface area contributed by atoms with Crippen LogP contribution in [0, 0.1) is 5.92 Å².